The Hall–Kier alpha value is -2.67. The van der Waals surface area contributed by atoms with Crippen molar-refractivity contribution in [2.24, 2.45) is 4.99 Å². The van der Waals surface area contributed by atoms with Crippen LogP contribution >= 0.6 is 11.8 Å². The number of hydrogen-bond acceptors (Lipinski definition) is 4. The Morgan fingerprint density at radius 3 is 2.63 bits per heavy atom. The molecular weight excluding hydrogens is 365 g/mol. The van der Waals surface area contributed by atoms with Gasteiger partial charge in [-0.15, -0.1) is 0 Å². The van der Waals surface area contributed by atoms with Gasteiger partial charge in [0, 0.05) is 20.0 Å². The predicted octanol–water partition coefficient (Wildman–Crippen LogP) is 3.14. The Morgan fingerprint density at radius 2 is 1.93 bits per heavy atom. The first-order chi connectivity index (χ1) is 13.0. The van der Waals surface area contributed by atoms with Crippen LogP contribution in [0.3, 0.4) is 0 Å². The minimum Gasteiger partial charge on any atom is -0.355 e. The second kappa shape index (κ2) is 8.81. The molecule has 0 aliphatic carbocycles. The lowest BCUT2D eigenvalue weighted by atomic mass is 10.1. The van der Waals surface area contributed by atoms with E-state index in [4.69, 9.17) is 0 Å². The van der Waals surface area contributed by atoms with Gasteiger partial charge in [-0.3, -0.25) is 14.5 Å². The molecule has 7 heteroatoms. The minimum absolute atomic E-state index is 0.126. The van der Waals surface area contributed by atoms with Crippen molar-refractivity contribution in [1.29, 1.82) is 0 Å². The second-order valence-corrected chi connectivity index (χ2v) is 7.33. The number of hydrogen-bond donors (Lipinski definition) is 1. The Balaban J connectivity index is 1.62. The average Bonchev–Trinajstić information content (AvgIpc) is 2.67. The van der Waals surface area contributed by atoms with Gasteiger partial charge in [-0.2, -0.15) is 0 Å². The summed E-state index contributed by atoms with van der Waals surface area (Å²) in [6, 6.07) is 15.6. The number of carbonyl (C=O) groups is 2. The Bertz CT molecular complexity index is 840. The maximum absolute atomic E-state index is 13.0. The van der Waals surface area contributed by atoms with Crippen molar-refractivity contribution in [3.05, 3.63) is 66.0 Å². The molecule has 2 aromatic carbocycles. The van der Waals surface area contributed by atoms with Crippen LogP contribution in [0.1, 0.15) is 12.0 Å². The monoisotopic (exact) mass is 385 g/mol. The Morgan fingerprint density at radius 1 is 1.22 bits per heavy atom. The fourth-order valence-electron chi connectivity index (χ4n) is 2.61. The van der Waals surface area contributed by atoms with Gasteiger partial charge in [0.1, 0.15) is 5.82 Å². The van der Waals surface area contributed by atoms with Crippen LogP contribution in [0.15, 0.2) is 59.6 Å². The fraction of sp³-hybridized carbons (Fsp3) is 0.250. The van der Waals surface area contributed by atoms with Crippen LogP contribution in [0, 0.1) is 5.82 Å². The van der Waals surface area contributed by atoms with Crippen molar-refractivity contribution in [2.75, 3.05) is 13.6 Å². The predicted molar refractivity (Wildman–Crippen MR) is 105 cm³/mol. The van der Waals surface area contributed by atoms with Gasteiger partial charge in [0.25, 0.3) is 0 Å². The molecule has 0 bridgehead atoms. The van der Waals surface area contributed by atoms with Crippen molar-refractivity contribution in [3.63, 3.8) is 0 Å². The van der Waals surface area contributed by atoms with Gasteiger partial charge < -0.3 is 5.32 Å². The first-order valence-electron chi connectivity index (χ1n) is 8.62. The minimum atomic E-state index is -0.524. The van der Waals surface area contributed by atoms with Crippen molar-refractivity contribution < 1.29 is 14.0 Å². The Kier molecular flexibility index (Phi) is 6.24. The highest BCUT2D eigenvalue weighted by Crippen LogP contribution is 2.28. The summed E-state index contributed by atoms with van der Waals surface area (Å²) in [4.78, 5) is 30.5. The molecule has 0 saturated carbocycles. The molecule has 1 fully saturated rings. The molecule has 2 aromatic rings. The van der Waals surface area contributed by atoms with E-state index < -0.39 is 5.25 Å². The molecule has 27 heavy (non-hydrogen) atoms. The number of aliphatic imine (C=N–C) groups is 1. The van der Waals surface area contributed by atoms with Crippen molar-refractivity contribution in [2.45, 2.75) is 18.1 Å². The molecule has 1 heterocycles. The number of amidine groups is 1. The summed E-state index contributed by atoms with van der Waals surface area (Å²) in [5.74, 6) is -0.697. The third kappa shape index (κ3) is 5.17. The molecule has 0 radical (unpaired) electrons. The van der Waals surface area contributed by atoms with Gasteiger partial charge in [-0.05, 0) is 36.2 Å². The number of carbonyl (C=O) groups excluding carboxylic acids is 2. The fourth-order valence-corrected chi connectivity index (χ4v) is 3.70. The third-order valence-corrected chi connectivity index (χ3v) is 5.41. The summed E-state index contributed by atoms with van der Waals surface area (Å²) in [7, 11) is 1.63. The normalized spacial score (nSPS) is 18.6. The first kappa shape index (κ1) is 19.1. The highest BCUT2D eigenvalue weighted by Gasteiger charge is 2.33. The van der Waals surface area contributed by atoms with E-state index in [-0.39, 0.29) is 24.1 Å². The molecule has 140 valence electrons. The van der Waals surface area contributed by atoms with Gasteiger partial charge in [0.05, 0.1) is 10.9 Å². The molecule has 1 saturated heterocycles. The molecule has 1 aliphatic heterocycles. The lowest BCUT2D eigenvalue weighted by Gasteiger charge is -2.28. The van der Waals surface area contributed by atoms with Crippen LogP contribution in [0.25, 0.3) is 0 Å². The molecule has 2 amide bonds. The van der Waals surface area contributed by atoms with Crippen LogP contribution in [0.2, 0.25) is 0 Å². The zero-order chi connectivity index (χ0) is 19.2. The summed E-state index contributed by atoms with van der Waals surface area (Å²) in [5, 5.41) is 2.80. The van der Waals surface area contributed by atoms with Crippen LogP contribution in [0.5, 0.6) is 0 Å². The smallest absolute Gasteiger partial charge is 0.234 e. The van der Waals surface area contributed by atoms with Crippen LogP contribution in [0.4, 0.5) is 10.1 Å². The molecular formula is C20H20FN3O2S. The number of benzene rings is 2. The van der Waals surface area contributed by atoms with E-state index >= 15 is 0 Å². The second-order valence-electron chi connectivity index (χ2n) is 6.16. The molecule has 0 aromatic heterocycles. The largest absolute Gasteiger partial charge is 0.355 e. The van der Waals surface area contributed by atoms with Crippen molar-refractivity contribution in [1.82, 2.24) is 10.2 Å². The van der Waals surface area contributed by atoms with E-state index in [9.17, 15) is 14.0 Å². The molecule has 1 atom stereocenters. The standard InChI is InChI=1S/C20H20FN3O2S/c1-24-18(25)13-17(19(26)22-12-11-14-5-3-2-4-6-14)27-20(24)23-16-9-7-15(21)8-10-16/h2-10,17H,11-13H2,1H3,(H,22,26)/t17-/m1/s1. The average molecular weight is 385 g/mol. The Labute approximate surface area is 161 Å². The maximum atomic E-state index is 13.0. The van der Waals surface area contributed by atoms with Crippen LogP contribution in [-0.4, -0.2) is 40.7 Å². The van der Waals surface area contributed by atoms with Crippen molar-refractivity contribution >= 4 is 34.4 Å². The topological polar surface area (TPSA) is 61.8 Å². The van der Waals surface area contributed by atoms with Gasteiger partial charge in [0.15, 0.2) is 5.17 Å². The summed E-state index contributed by atoms with van der Waals surface area (Å²) in [6.45, 7) is 0.508. The highest BCUT2D eigenvalue weighted by molar-refractivity contribution is 8.15. The van der Waals surface area contributed by atoms with Gasteiger partial charge in [-0.25, -0.2) is 9.38 Å². The summed E-state index contributed by atoms with van der Waals surface area (Å²) in [5.41, 5.74) is 1.67. The van der Waals surface area contributed by atoms with Crippen molar-refractivity contribution in [3.8, 4) is 0 Å². The number of halogens is 1. The molecule has 0 spiro atoms. The van der Waals surface area contributed by atoms with Crippen LogP contribution < -0.4 is 5.32 Å². The first-order valence-corrected chi connectivity index (χ1v) is 9.50. The SMILES string of the molecule is CN1C(=O)C[C@H](C(=O)NCCc2ccccc2)SC1=Nc1ccc(F)cc1. The highest BCUT2D eigenvalue weighted by atomic mass is 32.2. The van der Waals surface area contributed by atoms with E-state index in [0.717, 1.165) is 12.0 Å². The number of amides is 2. The van der Waals surface area contributed by atoms with Crippen LogP contribution in [-0.2, 0) is 16.0 Å². The quantitative estimate of drug-likeness (QED) is 0.860. The maximum Gasteiger partial charge on any atom is 0.234 e. The van der Waals surface area contributed by atoms with E-state index in [0.29, 0.717) is 17.4 Å². The summed E-state index contributed by atoms with van der Waals surface area (Å²) in [6.07, 6.45) is 0.856. The zero-order valence-corrected chi connectivity index (χ0v) is 15.7. The third-order valence-electron chi connectivity index (χ3n) is 4.17. The molecule has 3 rings (SSSR count). The van der Waals surface area contributed by atoms with E-state index in [2.05, 4.69) is 10.3 Å². The number of nitrogens with one attached hydrogen (secondary N) is 1. The zero-order valence-electron chi connectivity index (χ0n) is 14.9. The van der Waals surface area contributed by atoms with Gasteiger partial charge in [-0.1, -0.05) is 42.1 Å². The summed E-state index contributed by atoms with van der Waals surface area (Å²) < 4.78 is 13.0. The molecule has 0 unspecified atom stereocenters. The van der Waals surface area contributed by atoms with Gasteiger partial charge >= 0.3 is 0 Å². The van der Waals surface area contributed by atoms with E-state index in [1.165, 1.54) is 40.9 Å². The lowest BCUT2D eigenvalue weighted by Crippen LogP contribution is -2.45. The molecule has 5 nitrogen and oxygen atoms in total. The number of nitrogens with zero attached hydrogens (tertiary/aromatic N) is 2. The summed E-state index contributed by atoms with van der Waals surface area (Å²) >= 11 is 1.25. The van der Waals surface area contributed by atoms with Gasteiger partial charge in [0.2, 0.25) is 11.8 Å². The molecule has 1 N–H and O–H groups in total. The molecule has 1 aliphatic rings. The lowest BCUT2D eigenvalue weighted by molar-refractivity contribution is -0.129. The van der Waals surface area contributed by atoms with E-state index in [1.807, 2.05) is 30.3 Å². The number of rotatable bonds is 5. The van der Waals surface area contributed by atoms with E-state index in [1.54, 1.807) is 7.05 Å². The number of thioether (sulfide) groups is 1.